The number of nitrogens with zero attached hydrogens (tertiary/aromatic N) is 1. The van der Waals surface area contributed by atoms with Crippen LogP contribution in [0.25, 0.3) is 0 Å². The average Bonchev–Trinajstić information content (AvgIpc) is 2.93. The molecule has 0 aliphatic heterocycles. The molecule has 2 aromatic heterocycles. The number of nitrogens with one attached hydrogen (secondary N) is 2. The van der Waals surface area contributed by atoms with E-state index in [2.05, 4.69) is 15.6 Å². The summed E-state index contributed by atoms with van der Waals surface area (Å²) in [5, 5.41) is 7.76. The Hall–Kier alpha value is -2.15. The molecule has 2 amide bonds. The second-order valence-corrected chi connectivity index (χ2v) is 5.45. The summed E-state index contributed by atoms with van der Waals surface area (Å²) < 4.78 is 4.99. The summed E-state index contributed by atoms with van der Waals surface area (Å²) in [4.78, 5) is 27.6. The number of rotatable bonds is 5. The quantitative estimate of drug-likeness (QED) is 0.880. The van der Waals surface area contributed by atoms with E-state index in [1.807, 2.05) is 0 Å². The lowest BCUT2D eigenvalue weighted by molar-refractivity contribution is -0.120. The minimum Gasteiger partial charge on any atom is -0.459 e. The molecular weight excluding hydrogens is 278 g/mol. The second kappa shape index (κ2) is 5.46. The van der Waals surface area contributed by atoms with E-state index in [-0.39, 0.29) is 24.0 Å². The largest absolute Gasteiger partial charge is 0.459 e. The van der Waals surface area contributed by atoms with Crippen LogP contribution >= 0.6 is 11.3 Å². The number of carbonyl (C=O) groups excluding carboxylic acids is 2. The van der Waals surface area contributed by atoms with E-state index in [1.165, 1.54) is 17.6 Å². The number of hydrogen-bond donors (Lipinski definition) is 2. The van der Waals surface area contributed by atoms with Gasteiger partial charge in [0.15, 0.2) is 10.9 Å². The Bertz CT molecular complexity index is 617. The number of anilines is 1. The van der Waals surface area contributed by atoms with Gasteiger partial charge in [-0.3, -0.25) is 14.9 Å². The number of carbonyl (C=O) groups is 2. The Balaban J connectivity index is 1.56. The number of aromatic nitrogens is 1. The fraction of sp³-hybridized carbons (Fsp3) is 0.308. The summed E-state index contributed by atoms with van der Waals surface area (Å²) in [7, 11) is 0. The Kier molecular flexibility index (Phi) is 3.51. The Morgan fingerprint density at radius 3 is 3.00 bits per heavy atom. The summed E-state index contributed by atoms with van der Waals surface area (Å²) in [5.74, 6) is -0.145. The molecule has 1 saturated carbocycles. The predicted molar refractivity (Wildman–Crippen MR) is 73.6 cm³/mol. The average molecular weight is 291 g/mol. The third-order valence-corrected chi connectivity index (χ3v) is 3.61. The van der Waals surface area contributed by atoms with Gasteiger partial charge in [0.2, 0.25) is 5.91 Å². The molecule has 1 fully saturated rings. The van der Waals surface area contributed by atoms with Crippen molar-refractivity contribution in [3.8, 4) is 0 Å². The highest BCUT2D eigenvalue weighted by molar-refractivity contribution is 7.14. The fourth-order valence-corrected chi connectivity index (χ4v) is 2.39. The van der Waals surface area contributed by atoms with Gasteiger partial charge in [-0.2, -0.15) is 0 Å². The lowest BCUT2D eigenvalue weighted by Crippen LogP contribution is -2.27. The highest BCUT2D eigenvalue weighted by Crippen LogP contribution is 2.20. The van der Waals surface area contributed by atoms with Crippen LogP contribution in [0, 0.1) is 0 Å². The topological polar surface area (TPSA) is 84.2 Å². The molecule has 1 aliphatic carbocycles. The summed E-state index contributed by atoms with van der Waals surface area (Å²) >= 11 is 1.29. The van der Waals surface area contributed by atoms with Crippen LogP contribution < -0.4 is 10.6 Å². The van der Waals surface area contributed by atoms with E-state index in [9.17, 15) is 9.59 Å². The predicted octanol–water partition coefficient (Wildman–Crippen LogP) is 1.81. The van der Waals surface area contributed by atoms with Crippen molar-refractivity contribution in [2.75, 3.05) is 5.32 Å². The van der Waals surface area contributed by atoms with Crippen LogP contribution in [0.4, 0.5) is 5.13 Å². The van der Waals surface area contributed by atoms with Crippen LogP contribution in [-0.4, -0.2) is 22.8 Å². The van der Waals surface area contributed by atoms with Crippen LogP contribution in [0.15, 0.2) is 28.2 Å². The zero-order chi connectivity index (χ0) is 13.9. The van der Waals surface area contributed by atoms with Crippen molar-refractivity contribution in [1.29, 1.82) is 0 Å². The van der Waals surface area contributed by atoms with E-state index >= 15 is 0 Å². The molecule has 0 radical (unpaired) electrons. The molecule has 0 aromatic carbocycles. The maximum atomic E-state index is 11.7. The van der Waals surface area contributed by atoms with Gasteiger partial charge in [0.25, 0.3) is 5.91 Å². The first-order valence-corrected chi connectivity index (χ1v) is 7.17. The lowest BCUT2D eigenvalue weighted by atomic mass is 10.3. The van der Waals surface area contributed by atoms with Gasteiger partial charge in [0.05, 0.1) is 18.4 Å². The molecule has 0 saturated heterocycles. The van der Waals surface area contributed by atoms with Crippen molar-refractivity contribution in [2.45, 2.75) is 25.3 Å². The molecule has 1 aliphatic rings. The van der Waals surface area contributed by atoms with Gasteiger partial charge in [-0.05, 0) is 25.0 Å². The van der Waals surface area contributed by atoms with Gasteiger partial charge in [-0.15, -0.1) is 11.3 Å². The Labute approximate surface area is 119 Å². The fourth-order valence-electron chi connectivity index (χ4n) is 1.68. The minimum atomic E-state index is -0.349. The summed E-state index contributed by atoms with van der Waals surface area (Å²) in [6, 6.07) is 3.57. The first-order chi connectivity index (χ1) is 9.70. The van der Waals surface area contributed by atoms with Crippen molar-refractivity contribution in [2.24, 2.45) is 0 Å². The van der Waals surface area contributed by atoms with Gasteiger partial charge in [0.1, 0.15) is 0 Å². The highest BCUT2D eigenvalue weighted by atomic mass is 32.1. The van der Waals surface area contributed by atoms with E-state index in [0.717, 1.165) is 12.8 Å². The van der Waals surface area contributed by atoms with Crippen LogP contribution in [-0.2, 0) is 11.2 Å². The molecule has 3 rings (SSSR count). The highest BCUT2D eigenvalue weighted by Gasteiger charge is 2.23. The molecule has 20 heavy (non-hydrogen) atoms. The SMILES string of the molecule is O=C(Cc1csc(NC(=O)c2ccco2)n1)NC1CC1. The Morgan fingerprint density at radius 2 is 2.30 bits per heavy atom. The molecule has 0 bridgehead atoms. The normalized spacial score (nSPS) is 14.0. The molecule has 2 aromatic rings. The van der Waals surface area contributed by atoms with Gasteiger partial charge >= 0.3 is 0 Å². The monoisotopic (exact) mass is 291 g/mol. The molecule has 2 heterocycles. The van der Waals surface area contributed by atoms with Crippen molar-refractivity contribution in [3.05, 3.63) is 35.2 Å². The van der Waals surface area contributed by atoms with E-state index in [1.54, 1.807) is 17.5 Å². The summed E-state index contributed by atoms with van der Waals surface area (Å²) in [5.41, 5.74) is 0.655. The van der Waals surface area contributed by atoms with Crippen molar-refractivity contribution >= 4 is 28.3 Å². The van der Waals surface area contributed by atoms with Crippen LogP contribution in [0.1, 0.15) is 29.1 Å². The maximum absolute atomic E-state index is 11.7. The Morgan fingerprint density at radius 1 is 1.45 bits per heavy atom. The number of amides is 2. The summed E-state index contributed by atoms with van der Waals surface area (Å²) in [6.45, 7) is 0. The van der Waals surface area contributed by atoms with Crippen molar-refractivity contribution in [1.82, 2.24) is 10.3 Å². The van der Waals surface area contributed by atoms with Crippen molar-refractivity contribution in [3.63, 3.8) is 0 Å². The van der Waals surface area contributed by atoms with Crippen LogP contribution in [0.2, 0.25) is 0 Å². The first-order valence-electron chi connectivity index (χ1n) is 6.29. The standard InChI is InChI=1S/C13H13N3O3S/c17-11(14-8-3-4-8)6-9-7-20-13(15-9)16-12(18)10-2-1-5-19-10/h1-2,5,7-8H,3-4,6H2,(H,14,17)(H,15,16,18). The molecule has 0 atom stereocenters. The minimum absolute atomic E-state index is 0.0262. The molecular formula is C13H13N3O3S. The van der Waals surface area contributed by atoms with Crippen LogP contribution in [0.5, 0.6) is 0 Å². The van der Waals surface area contributed by atoms with E-state index in [0.29, 0.717) is 16.9 Å². The zero-order valence-electron chi connectivity index (χ0n) is 10.6. The molecule has 0 spiro atoms. The van der Waals surface area contributed by atoms with E-state index < -0.39 is 0 Å². The molecule has 2 N–H and O–H groups in total. The van der Waals surface area contributed by atoms with Gasteiger partial charge in [0, 0.05) is 11.4 Å². The zero-order valence-corrected chi connectivity index (χ0v) is 11.4. The second-order valence-electron chi connectivity index (χ2n) is 4.59. The first kappa shape index (κ1) is 12.9. The third-order valence-electron chi connectivity index (χ3n) is 2.80. The number of thiazole rings is 1. The van der Waals surface area contributed by atoms with E-state index in [4.69, 9.17) is 4.42 Å². The van der Waals surface area contributed by atoms with Gasteiger partial charge in [-0.25, -0.2) is 4.98 Å². The smallest absolute Gasteiger partial charge is 0.293 e. The van der Waals surface area contributed by atoms with Crippen molar-refractivity contribution < 1.29 is 14.0 Å². The maximum Gasteiger partial charge on any atom is 0.293 e. The molecule has 104 valence electrons. The van der Waals surface area contributed by atoms with Gasteiger partial charge < -0.3 is 9.73 Å². The third kappa shape index (κ3) is 3.24. The number of furan rings is 1. The summed E-state index contributed by atoms with van der Waals surface area (Å²) in [6.07, 6.45) is 3.80. The van der Waals surface area contributed by atoms with Gasteiger partial charge in [-0.1, -0.05) is 0 Å². The molecule has 0 unspecified atom stereocenters. The lowest BCUT2D eigenvalue weighted by Gasteiger charge is -2.00. The van der Waals surface area contributed by atoms with Crippen LogP contribution in [0.3, 0.4) is 0 Å². The molecule has 6 nitrogen and oxygen atoms in total. The molecule has 7 heteroatoms. The number of hydrogen-bond acceptors (Lipinski definition) is 5.